The standard InChI is InChI=1S/C41H50N6O2/c1-38(2,3)24-40(7,8)26-19-34(46-42-30-15-11-12-16-31(30)43-46)28(36(48)21-26)23-29-35(47-44-32-17-13-14-18-33(32)45-47)20-27(22-37(29)49)41(9,10)25-39(4,5)6/h11-22,48-49H,23-25H2,1-10H3. The average molecular weight is 659 g/mol. The topological polar surface area (TPSA) is 102 Å². The summed E-state index contributed by atoms with van der Waals surface area (Å²) in [6.07, 6.45) is 2.00. The van der Waals surface area contributed by atoms with Crippen molar-refractivity contribution >= 4 is 22.1 Å². The number of phenols is 2. The Morgan fingerprint density at radius 2 is 0.796 bits per heavy atom. The van der Waals surface area contributed by atoms with Gasteiger partial charge < -0.3 is 10.2 Å². The van der Waals surface area contributed by atoms with Gasteiger partial charge in [0, 0.05) is 17.5 Å². The van der Waals surface area contributed by atoms with Crippen molar-refractivity contribution < 1.29 is 10.2 Å². The van der Waals surface area contributed by atoms with Gasteiger partial charge in [0.25, 0.3) is 0 Å². The Morgan fingerprint density at radius 3 is 1.08 bits per heavy atom. The molecule has 8 heteroatoms. The summed E-state index contributed by atoms with van der Waals surface area (Å²) >= 11 is 0. The number of hydrogen-bond acceptors (Lipinski definition) is 6. The lowest BCUT2D eigenvalue weighted by atomic mass is 9.71. The van der Waals surface area contributed by atoms with Crippen molar-refractivity contribution in [2.24, 2.45) is 10.8 Å². The van der Waals surface area contributed by atoms with Crippen LogP contribution in [0.2, 0.25) is 0 Å². The minimum atomic E-state index is -0.248. The fourth-order valence-corrected chi connectivity index (χ4v) is 7.75. The number of aromatic nitrogens is 6. The van der Waals surface area contributed by atoms with E-state index in [1.54, 1.807) is 9.59 Å². The summed E-state index contributed by atoms with van der Waals surface area (Å²) in [6.45, 7) is 22.2. The number of nitrogens with zero attached hydrogens (tertiary/aromatic N) is 6. The number of hydrogen-bond donors (Lipinski definition) is 2. The summed E-state index contributed by atoms with van der Waals surface area (Å²) < 4.78 is 0. The summed E-state index contributed by atoms with van der Waals surface area (Å²) in [5.74, 6) is 0.244. The van der Waals surface area contributed by atoms with Crippen LogP contribution in [0.5, 0.6) is 11.5 Å². The van der Waals surface area contributed by atoms with Crippen LogP contribution in [0.25, 0.3) is 33.4 Å². The van der Waals surface area contributed by atoms with Gasteiger partial charge in [-0.15, -0.1) is 30.0 Å². The van der Waals surface area contributed by atoms with Crippen LogP contribution < -0.4 is 0 Å². The molecule has 4 aromatic carbocycles. The van der Waals surface area contributed by atoms with Crippen LogP contribution in [0.15, 0.2) is 72.8 Å². The first-order chi connectivity index (χ1) is 22.8. The Balaban J connectivity index is 1.57. The smallest absolute Gasteiger partial charge is 0.121 e. The molecule has 0 atom stereocenters. The van der Waals surface area contributed by atoms with E-state index in [1.165, 1.54) is 0 Å². The van der Waals surface area contributed by atoms with Gasteiger partial charge in [-0.05, 0) is 94.2 Å². The predicted octanol–water partition coefficient (Wildman–Crippen LogP) is 9.58. The molecule has 0 aliphatic carbocycles. The molecule has 6 rings (SSSR count). The number of phenolic OH excluding ortho intramolecular Hbond substituents is 2. The maximum absolute atomic E-state index is 11.9. The molecule has 8 nitrogen and oxygen atoms in total. The van der Waals surface area contributed by atoms with Crippen molar-refractivity contribution in [3.8, 4) is 22.9 Å². The van der Waals surface area contributed by atoms with E-state index in [4.69, 9.17) is 20.4 Å². The Kier molecular flexibility index (Phi) is 8.37. The summed E-state index contributed by atoms with van der Waals surface area (Å²) in [6, 6.07) is 23.4. The molecule has 49 heavy (non-hydrogen) atoms. The quantitative estimate of drug-likeness (QED) is 0.169. The highest BCUT2D eigenvalue weighted by atomic mass is 16.3. The maximum atomic E-state index is 11.9. The van der Waals surface area contributed by atoms with Crippen LogP contribution >= 0.6 is 0 Å². The highest BCUT2D eigenvalue weighted by Gasteiger charge is 2.32. The van der Waals surface area contributed by atoms with E-state index in [0.717, 1.165) is 46.0 Å². The zero-order chi connectivity index (χ0) is 35.5. The molecular formula is C41H50N6O2. The van der Waals surface area contributed by atoms with E-state index in [0.29, 0.717) is 22.5 Å². The second kappa shape index (κ2) is 12.0. The van der Waals surface area contributed by atoms with Crippen molar-refractivity contribution in [3.63, 3.8) is 0 Å². The molecule has 2 aromatic heterocycles. The largest absolute Gasteiger partial charge is 0.508 e. The molecule has 0 unspecified atom stereocenters. The molecule has 0 aliphatic heterocycles. The molecule has 0 radical (unpaired) electrons. The number of aromatic hydroxyl groups is 2. The van der Waals surface area contributed by atoms with Gasteiger partial charge in [-0.1, -0.05) is 93.5 Å². The molecular weight excluding hydrogens is 608 g/mol. The molecule has 0 saturated heterocycles. The Bertz CT molecular complexity index is 1940. The molecule has 0 fully saturated rings. The minimum absolute atomic E-state index is 0.0695. The lowest BCUT2D eigenvalue weighted by molar-refractivity contribution is 0.283. The Hall–Kier alpha value is -4.72. The second-order valence-corrected chi connectivity index (χ2v) is 17.4. The van der Waals surface area contributed by atoms with Gasteiger partial charge in [-0.3, -0.25) is 0 Å². The zero-order valence-corrected chi connectivity index (χ0v) is 30.6. The number of fused-ring (bicyclic) bond motifs is 2. The van der Waals surface area contributed by atoms with Crippen molar-refractivity contribution in [1.29, 1.82) is 0 Å². The second-order valence-electron chi connectivity index (χ2n) is 17.4. The molecule has 256 valence electrons. The van der Waals surface area contributed by atoms with Crippen molar-refractivity contribution in [2.45, 2.75) is 99.3 Å². The van der Waals surface area contributed by atoms with E-state index in [9.17, 15) is 10.2 Å². The van der Waals surface area contributed by atoms with Gasteiger partial charge in [0.05, 0.1) is 11.4 Å². The van der Waals surface area contributed by atoms with Gasteiger partial charge in [-0.2, -0.15) is 0 Å². The first kappa shape index (κ1) is 34.2. The monoisotopic (exact) mass is 658 g/mol. The van der Waals surface area contributed by atoms with Crippen LogP contribution in [0.3, 0.4) is 0 Å². The van der Waals surface area contributed by atoms with Gasteiger partial charge >= 0.3 is 0 Å². The third-order valence-corrected chi connectivity index (χ3v) is 9.27. The fraction of sp³-hybridized carbons (Fsp3) is 0.415. The molecule has 6 aromatic rings. The molecule has 0 spiro atoms. The van der Waals surface area contributed by atoms with Crippen LogP contribution in [-0.2, 0) is 17.3 Å². The first-order valence-electron chi connectivity index (χ1n) is 17.2. The maximum Gasteiger partial charge on any atom is 0.121 e. The summed E-state index contributed by atoms with van der Waals surface area (Å²) in [4.78, 5) is 3.24. The summed E-state index contributed by atoms with van der Waals surface area (Å²) in [5.41, 5.74) is 7.18. The molecule has 2 N–H and O–H groups in total. The third kappa shape index (κ3) is 7.19. The van der Waals surface area contributed by atoms with Crippen LogP contribution in [0.4, 0.5) is 0 Å². The van der Waals surface area contributed by atoms with Crippen molar-refractivity contribution in [1.82, 2.24) is 30.0 Å². The van der Waals surface area contributed by atoms with E-state index >= 15 is 0 Å². The number of benzene rings is 4. The minimum Gasteiger partial charge on any atom is -0.508 e. The van der Waals surface area contributed by atoms with Crippen molar-refractivity contribution in [3.05, 3.63) is 95.1 Å². The summed E-state index contributed by atoms with van der Waals surface area (Å²) in [5, 5.41) is 43.2. The Labute approximate surface area is 289 Å². The average Bonchev–Trinajstić information content (AvgIpc) is 3.60. The van der Waals surface area contributed by atoms with Gasteiger partial charge in [0.1, 0.15) is 33.6 Å². The molecule has 2 heterocycles. The van der Waals surface area contributed by atoms with E-state index in [1.807, 2.05) is 60.7 Å². The molecule has 0 aliphatic rings. The number of rotatable bonds is 8. The Morgan fingerprint density at radius 1 is 0.490 bits per heavy atom. The predicted molar refractivity (Wildman–Crippen MR) is 198 cm³/mol. The van der Waals surface area contributed by atoms with Crippen LogP contribution in [0, 0.1) is 10.8 Å². The van der Waals surface area contributed by atoms with Gasteiger partial charge in [0.15, 0.2) is 0 Å². The van der Waals surface area contributed by atoms with E-state index in [2.05, 4.69) is 81.4 Å². The van der Waals surface area contributed by atoms with Gasteiger partial charge in [-0.25, -0.2) is 0 Å². The normalized spacial score (nSPS) is 13.1. The van der Waals surface area contributed by atoms with Crippen molar-refractivity contribution in [2.75, 3.05) is 0 Å². The third-order valence-electron chi connectivity index (χ3n) is 9.27. The molecule has 0 saturated carbocycles. The van der Waals surface area contributed by atoms with E-state index in [-0.39, 0.29) is 39.6 Å². The highest BCUT2D eigenvalue weighted by Crippen LogP contribution is 2.43. The van der Waals surface area contributed by atoms with Gasteiger partial charge in [0.2, 0.25) is 0 Å². The summed E-state index contributed by atoms with van der Waals surface area (Å²) in [7, 11) is 0. The van der Waals surface area contributed by atoms with Crippen LogP contribution in [0.1, 0.15) is 104 Å². The molecule has 0 bridgehead atoms. The first-order valence-corrected chi connectivity index (χ1v) is 17.2. The fourth-order valence-electron chi connectivity index (χ4n) is 7.75. The lowest BCUT2D eigenvalue weighted by Crippen LogP contribution is -2.25. The molecule has 0 amide bonds. The van der Waals surface area contributed by atoms with Crippen LogP contribution in [-0.4, -0.2) is 40.2 Å². The SMILES string of the molecule is CC(C)(C)CC(C)(C)c1cc(O)c(Cc2c(O)cc(C(C)(C)CC(C)(C)C)cc2-n2nc3ccccc3n2)c(-n2nc3ccccc3n2)c1. The zero-order valence-electron chi connectivity index (χ0n) is 30.6. The lowest BCUT2D eigenvalue weighted by Gasteiger charge is -2.34. The highest BCUT2D eigenvalue weighted by molar-refractivity contribution is 5.75. The van der Waals surface area contributed by atoms with E-state index < -0.39 is 0 Å².